The molecule has 1 unspecified atom stereocenters. The second-order valence-electron chi connectivity index (χ2n) is 3.83. The van der Waals surface area contributed by atoms with Crippen molar-refractivity contribution in [2.24, 2.45) is 5.73 Å². The van der Waals surface area contributed by atoms with Gasteiger partial charge in [-0.25, -0.2) is 13.1 Å². The highest BCUT2D eigenvalue weighted by molar-refractivity contribution is 7.98. The molecule has 0 aliphatic rings. The predicted molar refractivity (Wildman–Crippen MR) is 72.5 cm³/mol. The number of nitrogens with one attached hydrogen (secondary N) is 1. The summed E-state index contributed by atoms with van der Waals surface area (Å²) in [4.78, 5) is 0.280. The maximum Gasteiger partial charge on any atom is 0.240 e. The van der Waals surface area contributed by atoms with Crippen molar-refractivity contribution in [3.63, 3.8) is 0 Å². The van der Waals surface area contributed by atoms with Gasteiger partial charge in [0.15, 0.2) is 0 Å². The van der Waals surface area contributed by atoms with Gasteiger partial charge in [-0.3, -0.25) is 0 Å². The van der Waals surface area contributed by atoms with Gasteiger partial charge in [0.2, 0.25) is 10.0 Å². The van der Waals surface area contributed by atoms with Crippen LogP contribution in [0, 0.1) is 0 Å². The van der Waals surface area contributed by atoms with E-state index in [1.807, 2.05) is 13.2 Å². The molecule has 0 fully saturated rings. The summed E-state index contributed by atoms with van der Waals surface area (Å²) in [7, 11) is -3.41. The van der Waals surface area contributed by atoms with Crippen LogP contribution in [0.25, 0.3) is 0 Å². The standard InChI is InChI=1S/C11H18N2O2S2/c1-9(8-16-2)13-17(14,15)11-5-3-10(7-12)4-6-11/h3-6,9,13H,7-8,12H2,1-2H3. The molecule has 0 bridgehead atoms. The molecule has 6 heteroatoms. The van der Waals surface area contributed by atoms with Crippen molar-refractivity contribution < 1.29 is 8.42 Å². The van der Waals surface area contributed by atoms with E-state index < -0.39 is 10.0 Å². The van der Waals surface area contributed by atoms with E-state index in [0.717, 1.165) is 11.3 Å². The Balaban J connectivity index is 2.82. The lowest BCUT2D eigenvalue weighted by Crippen LogP contribution is -2.34. The van der Waals surface area contributed by atoms with Gasteiger partial charge in [0.1, 0.15) is 0 Å². The van der Waals surface area contributed by atoms with Crippen molar-refractivity contribution in [3.8, 4) is 0 Å². The monoisotopic (exact) mass is 274 g/mol. The van der Waals surface area contributed by atoms with E-state index in [-0.39, 0.29) is 10.9 Å². The Morgan fingerprint density at radius 3 is 2.41 bits per heavy atom. The van der Waals surface area contributed by atoms with Crippen LogP contribution in [0.1, 0.15) is 12.5 Å². The number of sulfonamides is 1. The maximum absolute atomic E-state index is 12.0. The van der Waals surface area contributed by atoms with Gasteiger partial charge in [0.05, 0.1) is 4.90 Å². The van der Waals surface area contributed by atoms with Crippen LogP contribution < -0.4 is 10.5 Å². The minimum atomic E-state index is -3.41. The van der Waals surface area contributed by atoms with Gasteiger partial charge in [-0.1, -0.05) is 12.1 Å². The SMILES string of the molecule is CSCC(C)NS(=O)(=O)c1ccc(CN)cc1. The summed E-state index contributed by atoms with van der Waals surface area (Å²) in [6.45, 7) is 2.26. The van der Waals surface area contributed by atoms with Gasteiger partial charge in [-0.2, -0.15) is 11.8 Å². The van der Waals surface area contributed by atoms with Crippen molar-refractivity contribution in [3.05, 3.63) is 29.8 Å². The molecule has 4 nitrogen and oxygen atoms in total. The smallest absolute Gasteiger partial charge is 0.240 e. The van der Waals surface area contributed by atoms with Gasteiger partial charge < -0.3 is 5.73 Å². The van der Waals surface area contributed by atoms with E-state index in [0.29, 0.717) is 6.54 Å². The molecule has 0 aliphatic carbocycles. The molecular weight excluding hydrogens is 256 g/mol. The van der Waals surface area contributed by atoms with Gasteiger partial charge in [0.25, 0.3) is 0 Å². The Hall–Kier alpha value is -0.560. The predicted octanol–water partition coefficient (Wildman–Crippen LogP) is 1.18. The van der Waals surface area contributed by atoms with Crippen molar-refractivity contribution in [2.45, 2.75) is 24.4 Å². The minimum Gasteiger partial charge on any atom is -0.326 e. The molecule has 0 saturated heterocycles. The first kappa shape index (κ1) is 14.5. The highest BCUT2D eigenvalue weighted by atomic mass is 32.2. The second kappa shape index (κ2) is 6.39. The summed E-state index contributed by atoms with van der Waals surface area (Å²) in [6.07, 6.45) is 1.95. The lowest BCUT2D eigenvalue weighted by molar-refractivity contribution is 0.571. The van der Waals surface area contributed by atoms with E-state index in [4.69, 9.17) is 5.73 Å². The Bertz CT molecular complexity index is 443. The number of benzene rings is 1. The number of hydrogen-bond acceptors (Lipinski definition) is 4. The topological polar surface area (TPSA) is 72.2 Å². The van der Waals surface area contributed by atoms with Crippen LogP contribution >= 0.6 is 11.8 Å². The van der Waals surface area contributed by atoms with Gasteiger partial charge in [-0.05, 0) is 30.9 Å². The lowest BCUT2D eigenvalue weighted by atomic mass is 10.2. The van der Waals surface area contributed by atoms with Crippen LogP contribution in [0.15, 0.2) is 29.2 Å². The fourth-order valence-corrected chi connectivity index (χ4v) is 3.35. The zero-order valence-corrected chi connectivity index (χ0v) is 11.6. The van der Waals surface area contributed by atoms with E-state index in [1.165, 1.54) is 0 Å². The van der Waals surface area contributed by atoms with Crippen LogP contribution in [0.3, 0.4) is 0 Å². The summed E-state index contributed by atoms with van der Waals surface area (Å²) in [5.41, 5.74) is 6.38. The van der Waals surface area contributed by atoms with E-state index in [2.05, 4.69) is 4.72 Å². The summed E-state index contributed by atoms with van der Waals surface area (Å²) >= 11 is 1.61. The fourth-order valence-electron chi connectivity index (χ4n) is 1.42. The molecule has 0 aromatic heterocycles. The second-order valence-corrected chi connectivity index (χ2v) is 6.45. The Labute approximate surface area is 107 Å². The van der Waals surface area contributed by atoms with Crippen molar-refractivity contribution in [2.75, 3.05) is 12.0 Å². The molecule has 0 radical (unpaired) electrons. The molecule has 1 aromatic rings. The van der Waals surface area contributed by atoms with Gasteiger partial charge >= 0.3 is 0 Å². The molecule has 0 spiro atoms. The Morgan fingerprint density at radius 2 is 1.94 bits per heavy atom. The lowest BCUT2D eigenvalue weighted by Gasteiger charge is -2.13. The van der Waals surface area contributed by atoms with Crippen LogP contribution in [0.2, 0.25) is 0 Å². The van der Waals surface area contributed by atoms with Gasteiger partial charge in [-0.15, -0.1) is 0 Å². The van der Waals surface area contributed by atoms with Gasteiger partial charge in [0, 0.05) is 18.3 Å². The van der Waals surface area contributed by atoms with Crippen molar-refractivity contribution >= 4 is 21.8 Å². The summed E-state index contributed by atoms with van der Waals surface area (Å²) in [5.74, 6) is 0.750. The first-order valence-electron chi connectivity index (χ1n) is 5.30. The molecular formula is C11H18N2O2S2. The number of thioether (sulfide) groups is 1. The van der Waals surface area contributed by atoms with E-state index in [1.54, 1.807) is 36.0 Å². The summed E-state index contributed by atoms with van der Waals surface area (Å²) in [6, 6.07) is 6.54. The maximum atomic E-state index is 12.0. The van der Waals surface area contributed by atoms with Crippen LogP contribution in [-0.2, 0) is 16.6 Å². The quantitative estimate of drug-likeness (QED) is 0.817. The zero-order valence-electron chi connectivity index (χ0n) is 10.0. The fraction of sp³-hybridized carbons (Fsp3) is 0.455. The number of rotatable bonds is 6. The number of nitrogens with two attached hydrogens (primary N) is 1. The molecule has 96 valence electrons. The van der Waals surface area contributed by atoms with Crippen LogP contribution in [-0.4, -0.2) is 26.5 Å². The molecule has 3 N–H and O–H groups in total. The van der Waals surface area contributed by atoms with Crippen molar-refractivity contribution in [1.82, 2.24) is 4.72 Å². The summed E-state index contributed by atoms with van der Waals surface area (Å²) in [5, 5.41) is 0. The molecule has 0 aliphatic heterocycles. The largest absolute Gasteiger partial charge is 0.326 e. The Morgan fingerprint density at radius 1 is 1.35 bits per heavy atom. The average Bonchev–Trinajstić information content (AvgIpc) is 2.28. The number of hydrogen-bond donors (Lipinski definition) is 2. The first-order valence-corrected chi connectivity index (χ1v) is 8.17. The summed E-state index contributed by atoms with van der Waals surface area (Å²) < 4.78 is 26.6. The third-order valence-corrected chi connectivity index (χ3v) is 4.68. The van der Waals surface area contributed by atoms with Crippen molar-refractivity contribution in [1.29, 1.82) is 0 Å². The highest BCUT2D eigenvalue weighted by Gasteiger charge is 2.16. The Kier molecular flexibility index (Phi) is 5.45. The normalized spacial score (nSPS) is 13.6. The van der Waals surface area contributed by atoms with E-state index >= 15 is 0 Å². The highest BCUT2D eigenvalue weighted by Crippen LogP contribution is 2.11. The zero-order chi connectivity index (χ0) is 12.9. The van der Waals surface area contributed by atoms with Crippen LogP contribution in [0.5, 0.6) is 0 Å². The molecule has 17 heavy (non-hydrogen) atoms. The molecule has 1 aromatic carbocycles. The van der Waals surface area contributed by atoms with Crippen LogP contribution in [0.4, 0.5) is 0 Å². The third kappa shape index (κ3) is 4.31. The third-order valence-electron chi connectivity index (χ3n) is 2.24. The molecule has 1 rings (SSSR count). The average molecular weight is 274 g/mol. The molecule has 0 saturated carbocycles. The molecule has 0 heterocycles. The minimum absolute atomic E-state index is 0.0795. The molecule has 0 amide bonds. The first-order chi connectivity index (χ1) is 7.99. The van der Waals surface area contributed by atoms with E-state index in [9.17, 15) is 8.42 Å². The molecule has 1 atom stereocenters.